The predicted molar refractivity (Wildman–Crippen MR) is 94.9 cm³/mol. The zero-order valence-corrected chi connectivity index (χ0v) is 14.4. The predicted octanol–water partition coefficient (Wildman–Crippen LogP) is 3.42. The molecule has 2 N–H and O–H groups in total. The Labute approximate surface area is 145 Å². The summed E-state index contributed by atoms with van der Waals surface area (Å²) in [4.78, 5) is 18.2. The fraction of sp³-hybridized carbons (Fsp3) is 0.250. The number of nitrogens with one attached hydrogen (secondary N) is 2. The van der Waals surface area contributed by atoms with Gasteiger partial charge in [0, 0.05) is 24.3 Å². The number of hydrogen-bond donors (Lipinski definition) is 2. The number of pyridine rings is 1. The number of carbonyl (C=O) groups excluding carboxylic acids is 1. The second-order valence-electron chi connectivity index (χ2n) is 5.24. The summed E-state index contributed by atoms with van der Waals surface area (Å²) in [6.45, 7) is 1.38. The maximum absolute atomic E-state index is 12.0. The first-order chi connectivity index (χ1) is 11.0. The summed E-state index contributed by atoms with van der Waals surface area (Å²) in [6.07, 6.45) is 1.52. The molecule has 0 saturated heterocycles. The van der Waals surface area contributed by atoms with Gasteiger partial charge < -0.3 is 15.5 Å². The van der Waals surface area contributed by atoms with Crippen LogP contribution in [0.1, 0.15) is 10.4 Å². The van der Waals surface area contributed by atoms with Crippen LogP contribution in [0.3, 0.4) is 0 Å². The number of anilines is 2. The van der Waals surface area contributed by atoms with Crippen molar-refractivity contribution in [2.45, 2.75) is 0 Å². The SMILES string of the molecule is CN(C)CCNC(=O)c1ccc(Nc2ccc(Cl)cc2Cl)nc1. The second kappa shape index (κ2) is 8.15. The van der Waals surface area contributed by atoms with Gasteiger partial charge in [0.1, 0.15) is 5.82 Å². The molecule has 0 aliphatic heterocycles. The molecule has 0 bridgehead atoms. The zero-order valence-electron chi connectivity index (χ0n) is 12.9. The molecule has 1 aromatic carbocycles. The number of nitrogens with zero attached hydrogens (tertiary/aromatic N) is 2. The maximum atomic E-state index is 12.0. The summed E-state index contributed by atoms with van der Waals surface area (Å²) in [5.74, 6) is 0.453. The van der Waals surface area contributed by atoms with Gasteiger partial charge in [-0.3, -0.25) is 4.79 Å². The molecule has 7 heteroatoms. The maximum Gasteiger partial charge on any atom is 0.252 e. The van der Waals surface area contributed by atoms with Crippen molar-refractivity contribution in [3.05, 3.63) is 52.1 Å². The third-order valence-electron chi connectivity index (χ3n) is 3.06. The molecule has 2 aromatic rings. The van der Waals surface area contributed by atoms with E-state index in [1.807, 2.05) is 19.0 Å². The van der Waals surface area contributed by atoms with E-state index in [4.69, 9.17) is 23.2 Å². The van der Waals surface area contributed by atoms with Crippen molar-refractivity contribution in [3.63, 3.8) is 0 Å². The van der Waals surface area contributed by atoms with Gasteiger partial charge in [0.2, 0.25) is 0 Å². The van der Waals surface area contributed by atoms with E-state index in [0.717, 1.165) is 6.54 Å². The van der Waals surface area contributed by atoms with E-state index in [1.54, 1.807) is 30.3 Å². The minimum absolute atomic E-state index is 0.143. The van der Waals surface area contributed by atoms with E-state index in [2.05, 4.69) is 15.6 Å². The molecule has 0 atom stereocenters. The first-order valence-electron chi connectivity index (χ1n) is 7.07. The van der Waals surface area contributed by atoms with Crippen molar-refractivity contribution >= 4 is 40.6 Å². The smallest absolute Gasteiger partial charge is 0.252 e. The van der Waals surface area contributed by atoms with Crippen LogP contribution in [-0.2, 0) is 0 Å². The van der Waals surface area contributed by atoms with Crippen LogP contribution < -0.4 is 10.6 Å². The van der Waals surface area contributed by atoms with Crippen LogP contribution in [0.25, 0.3) is 0 Å². The van der Waals surface area contributed by atoms with Crippen LogP contribution in [0.2, 0.25) is 10.0 Å². The Balaban J connectivity index is 1.97. The van der Waals surface area contributed by atoms with Crippen LogP contribution in [0, 0.1) is 0 Å². The fourth-order valence-corrected chi connectivity index (χ4v) is 2.28. The number of aromatic nitrogens is 1. The van der Waals surface area contributed by atoms with E-state index in [1.165, 1.54) is 6.20 Å². The molecule has 0 fully saturated rings. The Morgan fingerprint density at radius 3 is 2.61 bits per heavy atom. The molecule has 122 valence electrons. The van der Waals surface area contributed by atoms with Gasteiger partial charge in [-0.1, -0.05) is 23.2 Å². The van der Waals surface area contributed by atoms with Crippen molar-refractivity contribution in [3.8, 4) is 0 Å². The normalized spacial score (nSPS) is 10.7. The quantitative estimate of drug-likeness (QED) is 0.836. The highest BCUT2D eigenvalue weighted by atomic mass is 35.5. The lowest BCUT2D eigenvalue weighted by molar-refractivity contribution is 0.0950. The van der Waals surface area contributed by atoms with Crippen molar-refractivity contribution < 1.29 is 4.79 Å². The van der Waals surface area contributed by atoms with E-state index in [9.17, 15) is 4.79 Å². The number of rotatable bonds is 6. The first-order valence-corrected chi connectivity index (χ1v) is 7.82. The Kier molecular flexibility index (Phi) is 6.21. The molecule has 0 radical (unpaired) electrons. The molecule has 1 amide bonds. The van der Waals surface area contributed by atoms with Crippen molar-refractivity contribution in [2.24, 2.45) is 0 Å². The van der Waals surface area contributed by atoms with Crippen LogP contribution in [-0.4, -0.2) is 43.0 Å². The Morgan fingerprint density at radius 1 is 1.22 bits per heavy atom. The number of likely N-dealkylation sites (N-methyl/N-ethyl adjacent to an activating group) is 1. The summed E-state index contributed by atoms with van der Waals surface area (Å²) >= 11 is 12.0. The van der Waals surface area contributed by atoms with Gasteiger partial charge >= 0.3 is 0 Å². The molecule has 5 nitrogen and oxygen atoms in total. The lowest BCUT2D eigenvalue weighted by Gasteiger charge is -2.11. The molecule has 2 rings (SSSR count). The second-order valence-corrected chi connectivity index (χ2v) is 6.08. The van der Waals surface area contributed by atoms with Gasteiger partial charge in [0.05, 0.1) is 16.3 Å². The highest BCUT2D eigenvalue weighted by Gasteiger charge is 2.07. The van der Waals surface area contributed by atoms with Crippen LogP contribution >= 0.6 is 23.2 Å². The molecular formula is C16H18Cl2N4O. The minimum atomic E-state index is -0.143. The summed E-state index contributed by atoms with van der Waals surface area (Å²) in [5.41, 5.74) is 1.21. The third kappa shape index (κ3) is 5.39. The van der Waals surface area contributed by atoms with E-state index in [0.29, 0.717) is 33.7 Å². The average Bonchev–Trinajstić information content (AvgIpc) is 2.50. The Morgan fingerprint density at radius 2 is 2.00 bits per heavy atom. The van der Waals surface area contributed by atoms with Gasteiger partial charge in [-0.05, 0) is 44.4 Å². The molecule has 1 heterocycles. The standard InChI is InChI=1S/C16H18Cl2N4O/c1-22(2)8-7-19-16(23)11-3-6-15(20-10-11)21-14-5-4-12(17)9-13(14)18/h3-6,9-10H,7-8H2,1-2H3,(H,19,23)(H,20,21). The van der Waals surface area contributed by atoms with Gasteiger partial charge in [0.25, 0.3) is 5.91 Å². The highest BCUT2D eigenvalue weighted by molar-refractivity contribution is 6.36. The Bertz CT molecular complexity index is 674. The third-order valence-corrected chi connectivity index (χ3v) is 3.61. The summed E-state index contributed by atoms with van der Waals surface area (Å²) < 4.78 is 0. The lowest BCUT2D eigenvalue weighted by Crippen LogP contribution is -2.31. The number of benzene rings is 1. The molecule has 0 aliphatic rings. The van der Waals surface area contributed by atoms with Gasteiger partial charge in [-0.25, -0.2) is 4.98 Å². The molecule has 0 saturated carbocycles. The summed E-state index contributed by atoms with van der Waals surface area (Å²) in [7, 11) is 3.91. The molecular weight excluding hydrogens is 335 g/mol. The van der Waals surface area contributed by atoms with Crippen molar-refractivity contribution in [1.29, 1.82) is 0 Å². The van der Waals surface area contributed by atoms with Crippen LogP contribution in [0.5, 0.6) is 0 Å². The number of carbonyl (C=O) groups is 1. The topological polar surface area (TPSA) is 57.3 Å². The highest BCUT2D eigenvalue weighted by Crippen LogP contribution is 2.27. The molecule has 0 spiro atoms. The zero-order chi connectivity index (χ0) is 16.8. The van der Waals surface area contributed by atoms with Gasteiger partial charge in [-0.2, -0.15) is 0 Å². The minimum Gasteiger partial charge on any atom is -0.351 e. The van der Waals surface area contributed by atoms with Gasteiger partial charge in [-0.15, -0.1) is 0 Å². The number of amides is 1. The van der Waals surface area contributed by atoms with Gasteiger partial charge in [0.15, 0.2) is 0 Å². The summed E-state index contributed by atoms with van der Waals surface area (Å²) in [5, 5.41) is 6.99. The number of hydrogen-bond acceptors (Lipinski definition) is 4. The molecule has 0 aliphatic carbocycles. The van der Waals surface area contributed by atoms with E-state index < -0.39 is 0 Å². The molecule has 0 unspecified atom stereocenters. The first kappa shape index (κ1) is 17.5. The monoisotopic (exact) mass is 352 g/mol. The number of halogens is 2. The largest absolute Gasteiger partial charge is 0.351 e. The molecule has 23 heavy (non-hydrogen) atoms. The fourth-order valence-electron chi connectivity index (χ4n) is 1.83. The van der Waals surface area contributed by atoms with E-state index in [-0.39, 0.29) is 5.91 Å². The van der Waals surface area contributed by atoms with E-state index >= 15 is 0 Å². The average molecular weight is 353 g/mol. The van der Waals surface area contributed by atoms with Crippen LogP contribution in [0.4, 0.5) is 11.5 Å². The lowest BCUT2D eigenvalue weighted by atomic mass is 10.2. The van der Waals surface area contributed by atoms with Crippen LogP contribution in [0.15, 0.2) is 36.5 Å². The summed E-state index contributed by atoms with van der Waals surface area (Å²) in [6, 6.07) is 8.60. The van der Waals surface area contributed by atoms with Crippen molar-refractivity contribution in [1.82, 2.24) is 15.2 Å². The molecule has 1 aromatic heterocycles. The van der Waals surface area contributed by atoms with Crippen molar-refractivity contribution in [2.75, 3.05) is 32.5 Å². The Hall–Kier alpha value is -1.82.